The van der Waals surface area contributed by atoms with E-state index in [-0.39, 0.29) is 19.8 Å². The highest BCUT2D eigenvalue weighted by molar-refractivity contribution is 7.52. The van der Waals surface area contributed by atoms with Crippen molar-refractivity contribution in [3.05, 3.63) is 96.3 Å². The third kappa shape index (κ3) is 8.22. The van der Waals surface area contributed by atoms with E-state index in [0.29, 0.717) is 35.9 Å². The zero-order chi connectivity index (χ0) is 34.1. The van der Waals surface area contributed by atoms with Crippen LogP contribution in [0.4, 0.5) is 5.82 Å². The van der Waals surface area contributed by atoms with Crippen LogP contribution >= 0.6 is 7.75 Å². The molecule has 3 aromatic carbocycles. The van der Waals surface area contributed by atoms with Crippen LogP contribution < -0.4 is 15.3 Å². The van der Waals surface area contributed by atoms with Crippen LogP contribution in [0.25, 0.3) is 21.9 Å². The van der Waals surface area contributed by atoms with Crippen molar-refractivity contribution in [3.8, 4) is 5.75 Å². The Labute approximate surface area is 281 Å². The van der Waals surface area contributed by atoms with Gasteiger partial charge in [-0.1, -0.05) is 86.5 Å². The third-order valence-electron chi connectivity index (χ3n) is 8.08. The van der Waals surface area contributed by atoms with Gasteiger partial charge in [0.05, 0.1) is 23.2 Å². The van der Waals surface area contributed by atoms with Gasteiger partial charge in [0.2, 0.25) is 0 Å². The van der Waals surface area contributed by atoms with Gasteiger partial charge in [-0.25, -0.2) is 14.5 Å². The summed E-state index contributed by atoms with van der Waals surface area (Å²) in [6, 6.07) is 24.8. The molecule has 0 saturated heterocycles. The van der Waals surface area contributed by atoms with E-state index < -0.39 is 25.3 Å². The molecule has 0 aliphatic rings. The number of imidazole rings is 1. The van der Waals surface area contributed by atoms with Crippen LogP contribution in [0.15, 0.2) is 84.9 Å². The molecular weight excluding hydrogens is 629 g/mol. The molecule has 3 atom stereocenters. The summed E-state index contributed by atoms with van der Waals surface area (Å²) in [5.41, 5.74) is 8.59. The number of fused-ring (bicyclic) bond motifs is 3. The molecule has 12 heteroatoms. The van der Waals surface area contributed by atoms with E-state index in [9.17, 15) is 9.36 Å². The smallest absolute Gasteiger partial charge is 0.459 e. The number of benzene rings is 3. The molecule has 254 valence electrons. The Hall–Kier alpha value is -4.28. The number of aromatic nitrogens is 3. The molecule has 5 aromatic rings. The Morgan fingerprint density at radius 2 is 1.67 bits per heavy atom. The molecule has 0 bridgehead atoms. The van der Waals surface area contributed by atoms with Crippen LogP contribution in [0, 0.1) is 0 Å². The fourth-order valence-corrected chi connectivity index (χ4v) is 7.21. The molecule has 0 fully saturated rings. The van der Waals surface area contributed by atoms with Crippen LogP contribution in [-0.4, -0.2) is 39.8 Å². The Morgan fingerprint density at radius 1 is 0.979 bits per heavy atom. The summed E-state index contributed by atoms with van der Waals surface area (Å²) >= 11 is 0. The molecule has 0 amide bonds. The van der Waals surface area contributed by atoms with Gasteiger partial charge in [0.15, 0.2) is 5.82 Å². The third-order valence-corrected chi connectivity index (χ3v) is 9.70. The summed E-state index contributed by atoms with van der Waals surface area (Å²) in [4.78, 5) is 22.6. The number of hydrogen-bond donors (Lipinski definition) is 2. The number of nitrogens with zero attached hydrogens (tertiary/aromatic N) is 3. The molecule has 0 radical (unpaired) electrons. The Balaban J connectivity index is 1.51. The van der Waals surface area contributed by atoms with Crippen molar-refractivity contribution in [2.45, 2.75) is 71.8 Å². The number of hydrogen-bond acceptors (Lipinski definition) is 9. The number of rotatable bonds is 17. The molecule has 5 rings (SSSR count). The zero-order valence-electron chi connectivity index (χ0n) is 27.9. The number of nitrogens with one attached hydrogen (secondary N) is 1. The van der Waals surface area contributed by atoms with E-state index in [2.05, 4.69) is 21.6 Å². The lowest BCUT2D eigenvalue weighted by molar-refractivity contribution is -0.146. The first-order valence-corrected chi connectivity index (χ1v) is 17.8. The number of nitrogen functional groups attached to an aromatic ring is 1. The number of ether oxygens (including phenoxy) is 2. The number of pyridine rings is 1. The van der Waals surface area contributed by atoms with Crippen LogP contribution in [0.5, 0.6) is 5.75 Å². The van der Waals surface area contributed by atoms with Crippen LogP contribution in [0.2, 0.25) is 0 Å². The van der Waals surface area contributed by atoms with E-state index >= 15 is 0 Å². The van der Waals surface area contributed by atoms with Crippen molar-refractivity contribution in [1.82, 2.24) is 19.6 Å². The van der Waals surface area contributed by atoms with Crippen molar-refractivity contribution >= 4 is 41.5 Å². The molecule has 0 saturated carbocycles. The summed E-state index contributed by atoms with van der Waals surface area (Å²) < 4.78 is 40.4. The summed E-state index contributed by atoms with van der Waals surface area (Å²) in [6.45, 7) is 8.37. The monoisotopic (exact) mass is 673 g/mol. The lowest BCUT2D eigenvalue weighted by Gasteiger charge is -2.35. The van der Waals surface area contributed by atoms with E-state index in [1.54, 1.807) is 31.2 Å². The second-order valence-electron chi connectivity index (χ2n) is 11.9. The van der Waals surface area contributed by atoms with Gasteiger partial charge >= 0.3 is 13.7 Å². The molecule has 2 aromatic heterocycles. The van der Waals surface area contributed by atoms with Gasteiger partial charge in [-0.15, -0.1) is 0 Å². The van der Waals surface area contributed by atoms with Gasteiger partial charge in [-0.05, 0) is 51.0 Å². The molecule has 11 nitrogen and oxygen atoms in total. The van der Waals surface area contributed by atoms with Crippen molar-refractivity contribution in [1.29, 1.82) is 0 Å². The number of carbonyl (C=O) groups excluding carboxylic acids is 1. The summed E-state index contributed by atoms with van der Waals surface area (Å²) in [7, 11) is -4.18. The minimum Gasteiger partial charge on any atom is -0.460 e. The van der Waals surface area contributed by atoms with Crippen LogP contribution in [-0.2, 0) is 42.1 Å². The summed E-state index contributed by atoms with van der Waals surface area (Å²) in [5, 5.41) is 3.71. The van der Waals surface area contributed by atoms with Crippen LogP contribution in [0.3, 0.4) is 0 Å². The molecule has 0 spiro atoms. The van der Waals surface area contributed by atoms with Crippen LogP contribution in [0.1, 0.15) is 58.3 Å². The Bertz CT molecular complexity index is 1870. The second kappa shape index (κ2) is 15.7. The van der Waals surface area contributed by atoms with E-state index in [0.717, 1.165) is 34.8 Å². The maximum absolute atomic E-state index is 14.6. The average Bonchev–Trinajstić information content (AvgIpc) is 3.50. The maximum Gasteiger partial charge on any atom is 0.459 e. The predicted octanol–water partition coefficient (Wildman–Crippen LogP) is 7.53. The fourth-order valence-electron chi connectivity index (χ4n) is 5.60. The topological polar surface area (TPSA) is 140 Å². The average molecular weight is 674 g/mol. The molecule has 2 heterocycles. The largest absolute Gasteiger partial charge is 0.460 e. The Morgan fingerprint density at radius 3 is 2.38 bits per heavy atom. The Kier molecular flexibility index (Phi) is 11.5. The minimum atomic E-state index is -4.18. The fraction of sp³-hybridized carbons (Fsp3) is 0.361. The number of carbonyl (C=O) groups is 1. The second-order valence-corrected chi connectivity index (χ2v) is 13.6. The SMILES string of the molecule is CCCC[C@](C)(CO[P@@](=O)(N[C@@H](C)C(=O)OCc1ccccc1)Oc1ccccc1)n1c(COCC)nc2c(N)nc3ccccc3c21. The highest BCUT2D eigenvalue weighted by atomic mass is 31.2. The van der Waals surface area contributed by atoms with Gasteiger partial charge in [0.25, 0.3) is 0 Å². The predicted molar refractivity (Wildman–Crippen MR) is 187 cm³/mol. The standard InChI is InChI=1S/C36H44N5O6P/c1-5-7-22-36(4,41-31(24-44-6-2)39-32-33(41)29-20-14-15-21-30(29)38-34(32)37)25-46-48(43,47-28-18-12-9-13-19-28)40-26(3)35(42)45-23-27-16-10-8-11-17-27/h8-21,26H,5-7,22-25H2,1-4H3,(H2,37,38)(H,40,43)/t26-,36+,48-/m0/s1. The molecule has 0 aliphatic carbocycles. The molecule has 3 N–H and O–H groups in total. The van der Waals surface area contributed by atoms with Crippen molar-refractivity contribution < 1.29 is 27.9 Å². The quantitative estimate of drug-likeness (QED) is 0.0752. The first-order chi connectivity index (χ1) is 23.2. The molecule has 48 heavy (non-hydrogen) atoms. The number of para-hydroxylation sites is 2. The van der Waals surface area contributed by atoms with E-state index in [1.165, 1.54) is 0 Å². The zero-order valence-corrected chi connectivity index (χ0v) is 28.8. The molecule has 0 unspecified atom stereocenters. The lowest BCUT2D eigenvalue weighted by atomic mass is 9.94. The van der Waals surface area contributed by atoms with Crippen molar-refractivity contribution in [2.24, 2.45) is 0 Å². The minimum absolute atomic E-state index is 0.0585. The summed E-state index contributed by atoms with van der Waals surface area (Å²) in [6.07, 6.45) is 2.39. The van der Waals surface area contributed by atoms with E-state index in [1.807, 2.05) is 74.5 Å². The number of anilines is 1. The molecule has 0 aliphatic heterocycles. The number of nitrogens with two attached hydrogens (primary N) is 1. The van der Waals surface area contributed by atoms with Gasteiger partial charge in [-0.3, -0.25) is 9.32 Å². The maximum atomic E-state index is 14.6. The van der Waals surface area contributed by atoms with Gasteiger partial charge in [0, 0.05) is 12.0 Å². The van der Waals surface area contributed by atoms with Crippen molar-refractivity contribution in [3.63, 3.8) is 0 Å². The van der Waals surface area contributed by atoms with Gasteiger partial charge in [0.1, 0.15) is 36.3 Å². The van der Waals surface area contributed by atoms with Gasteiger partial charge < -0.3 is 24.3 Å². The first-order valence-electron chi connectivity index (χ1n) is 16.3. The highest BCUT2D eigenvalue weighted by Gasteiger charge is 2.39. The first kappa shape index (κ1) is 35.0. The van der Waals surface area contributed by atoms with Gasteiger partial charge in [-0.2, -0.15) is 5.09 Å². The number of esters is 1. The highest BCUT2D eigenvalue weighted by Crippen LogP contribution is 2.47. The van der Waals surface area contributed by atoms with E-state index in [4.69, 9.17) is 29.2 Å². The number of unbranched alkanes of at least 4 members (excludes halogenated alkanes) is 1. The van der Waals surface area contributed by atoms with Crippen molar-refractivity contribution in [2.75, 3.05) is 18.9 Å². The lowest BCUT2D eigenvalue weighted by Crippen LogP contribution is -2.39. The molecular formula is C36H44N5O6P. The normalized spacial score (nSPS) is 14.8. The summed E-state index contributed by atoms with van der Waals surface area (Å²) in [5.74, 6) is 0.676.